The highest BCUT2D eigenvalue weighted by Crippen LogP contribution is 2.60. The van der Waals surface area contributed by atoms with Crippen LogP contribution in [0.1, 0.15) is 99.0 Å². The lowest BCUT2D eigenvalue weighted by molar-refractivity contribution is 0.0686. The van der Waals surface area contributed by atoms with E-state index in [4.69, 9.17) is 9.47 Å². The van der Waals surface area contributed by atoms with Crippen molar-refractivity contribution >= 4 is 46.9 Å². The second kappa shape index (κ2) is 14.2. The van der Waals surface area contributed by atoms with E-state index in [1.807, 2.05) is 24.3 Å². The zero-order chi connectivity index (χ0) is 42.2. The van der Waals surface area contributed by atoms with Crippen LogP contribution in [0.2, 0.25) is 0 Å². The first kappa shape index (κ1) is 37.4. The maximum absolute atomic E-state index is 13.1. The predicted molar refractivity (Wildman–Crippen MR) is 221 cm³/mol. The van der Waals surface area contributed by atoms with Gasteiger partial charge in [0, 0.05) is 5.41 Å². The van der Waals surface area contributed by atoms with Crippen LogP contribution in [0.3, 0.4) is 0 Å². The summed E-state index contributed by atoms with van der Waals surface area (Å²) in [5.74, 6) is -1.17. The molecule has 4 aliphatic rings. The molecule has 2 N–H and O–H groups in total. The Kier molecular flexibility index (Phi) is 8.68. The topological polar surface area (TPSA) is 168 Å². The first-order valence-electron chi connectivity index (χ1n) is 19.8. The molecule has 2 atom stereocenters. The number of ether oxygens (including phenoxy) is 2. The van der Waals surface area contributed by atoms with Crippen LogP contribution in [0, 0.1) is 11.8 Å². The largest absolute Gasteiger partial charge is 0.478 e. The van der Waals surface area contributed by atoms with Crippen LogP contribution < -0.4 is 19.3 Å². The Morgan fingerprint density at radius 3 is 1.21 bits per heavy atom. The van der Waals surface area contributed by atoms with E-state index in [-0.39, 0.29) is 38.8 Å². The number of carbonyl (C=O) groups is 6. The van der Waals surface area contributed by atoms with Gasteiger partial charge in [0.05, 0.1) is 44.8 Å². The van der Waals surface area contributed by atoms with Gasteiger partial charge in [-0.1, -0.05) is 30.7 Å². The zero-order valence-electron chi connectivity index (χ0n) is 32.2. The third-order valence-electron chi connectivity index (χ3n) is 12.5. The Balaban J connectivity index is 0.825. The highest BCUT2D eigenvalue weighted by molar-refractivity contribution is 6.35. The predicted octanol–water partition coefficient (Wildman–Crippen LogP) is 9.37. The van der Waals surface area contributed by atoms with Gasteiger partial charge in [-0.3, -0.25) is 19.2 Å². The molecular formula is C49H34N2O10. The van der Waals surface area contributed by atoms with Crippen molar-refractivity contribution in [2.45, 2.75) is 31.1 Å². The SMILES string of the molecule is O=C(O)c1ccc2c(c1)C(=O)N(c1ccc(Oc3ccc(C4(c5ccc(Oc6ccc(N7C(=O)c8ccc(C(=O)O)cc8C7=O)cc6)cc5)CC5CCC4C5)cc3)cc1)C2=O. The van der Waals surface area contributed by atoms with Gasteiger partial charge in [-0.15, -0.1) is 0 Å². The van der Waals surface area contributed by atoms with Crippen LogP contribution in [0.15, 0.2) is 133 Å². The lowest BCUT2D eigenvalue weighted by Gasteiger charge is -2.39. The molecule has 2 unspecified atom stereocenters. The summed E-state index contributed by atoms with van der Waals surface area (Å²) in [5, 5.41) is 18.7. The van der Waals surface area contributed by atoms with Crippen LogP contribution in [-0.2, 0) is 5.41 Å². The summed E-state index contributed by atoms with van der Waals surface area (Å²) in [6.45, 7) is 0. The molecule has 0 aromatic heterocycles. The van der Waals surface area contributed by atoms with Crippen molar-refractivity contribution in [1.82, 2.24) is 0 Å². The van der Waals surface area contributed by atoms with Crippen LogP contribution in [0.4, 0.5) is 11.4 Å². The minimum Gasteiger partial charge on any atom is -0.478 e. The van der Waals surface area contributed by atoms with Crippen LogP contribution in [0.5, 0.6) is 23.0 Å². The Labute approximate surface area is 348 Å². The average molecular weight is 811 g/mol. The first-order chi connectivity index (χ1) is 29.5. The number of nitrogens with zero attached hydrogens (tertiary/aromatic N) is 2. The highest BCUT2D eigenvalue weighted by atomic mass is 16.5. The number of carboxylic acid groups (broad SMARTS) is 2. The molecule has 12 heteroatoms. The third-order valence-corrected chi connectivity index (χ3v) is 12.5. The molecule has 0 saturated heterocycles. The number of carbonyl (C=O) groups excluding carboxylic acids is 4. The molecule has 2 aliphatic carbocycles. The van der Waals surface area contributed by atoms with Gasteiger partial charge < -0.3 is 19.7 Å². The van der Waals surface area contributed by atoms with Gasteiger partial charge in [0.2, 0.25) is 0 Å². The number of imide groups is 2. The molecule has 2 aliphatic heterocycles. The Bertz CT molecular complexity index is 2670. The molecule has 300 valence electrons. The molecule has 4 amide bonds. The van der Waals surface area contributed by atoms with Gasteiger partial charge in [0.15, 0.2) is 0 Å². The number of carboxylic acids is 2. The summed E-state index contributed by atoms with van der Waals surface area (Å²) < 4.78 is 12.4. The average Bonchev–Trinajstić information content (AvgIpc) is 4.02. The smallest absolute Gasteiger partial charge is 0.335 e. The fraction of sp³-hybridized carbons (Fsp3) is 0.143. The molecule has 6 aromatic rings. The van der Waals surface area contributed by atoms with Crippen LogP contribution >= 0.6 is 0 Å². The zero-order valence-corrected chi connectivity index (χ0v) is 32.2. The van der Waals surface area contributed by atoms with Crippen molar-refractivity contribution in [2.75, 3.05) is 9.80 Å². The molecule has 0 radical (unpaired) electrons. The molecular weight excluding hydrogens is 777 g/mol. The standard InChI is InChI=1S/C49H34N2O10/c52-43-39-21-2-28(47(56)57)24-41(39)45(54)50(43)33-9-17-37(18-10-33)60-35-13-5-30(6-14-35)49(26-27-1-4-32(49)23-27)31-7-15-36(16-8-31)61-38-19-11-34(12-20-38)51-44(53)40-22-3-29(48(58)59)25-42(40)46(51)55/h2-3,5-22,24-25,27,32H,1,4,23,26H2,(H,56,57)(H,58,59). The number of hydrogen-bond donors (Lipinski definition) is 2. The second-order valence-electron chi connectivity index (χ2n) is 15.8. The minimum absolute atomic E-state index is 0.0534. The summed E-state index contributed by atoms with van der Waals surface area (Å²) in [6.07, 6.45) is 4.55. The van der Waals surface area contributed by atoms with Crippen molar-refractivity contribution in [3.05, 3.63) is 178 Å². The van der Waals surface area contributed by atoms with E-state index in [9.17, 15) is 39.0 Å². The summed E-state index contributed by atoms with van der Waals surface area (Å²) >= 11 is 0. The van der Waals surface area contributed by atoms with Crippen molar-refractivity contribution < 1.29 is 48.5 Å². The van der Waals surface area contributed by atoms with Gasteiger partial charge >= 0.3 is 11.9 Å². The number of anilines is 2. The van der Waals surface area contributed by atoms with E-state index in [0.717, 1.165) is 29.1 Å². The normalized spacial score (nSPS) is 18.4. The Morgan fingerprint density at radius 1 is 0.492 bits per heavy atom. The molecule has 12 nitrogen and oxygen atoms in total. The summed E-state index contributed by atoms with van der Waals surface area (Å²) in [6, 6.07) is 37.3. The number of benzene rings is 6. The summed E-state index contributed by atoms with van der Waals surface area (Å²) in [4.78, 5) is 77.3. The van der Waals surface area contributed by atoms with Gasteiger partial charge in [-0.25, -0.2) is 19.4 Å². The molecule has 10 rings (SSSR count). The van der Waals surface area contributed by atoms with Crippen molar-refractivity contribution in [1.29, 1.82) is 0 Å². The van der Waals surface area contributed by atoms with Crippen molar-refractivity contribution in [3.63, 3.8) is 0 Å². The second-order valence-corrected chi connectivity index (χ2v) is 15.8. The number of aromatic carboxylic acids is 2. The molecule has 2 fully saturated rings. The summed E-state index contributed by atoms with van der Waals surface area (Å²) in [7, 11) is 0. The van der Waals surface area contributed by atoms with E-state index in [1.165, 1.54) is 53.9 Å². The van der Waals surface area contributed by atoms with Gasteiger partial charge in [-0.2, -0.15) is 0 Å². The van der Waals surface area contributed by atoms with Crippen molar-refractivity contribution in [2.24, 2.45) is 11.8 Å². The lowest BCUT2D eigenvalue weighted by Crippen LogP contribution is -2.33. The van der Waals surface area contributed by atoms with E-state index >= 15 is 0 Å². The van der Waals surface area contributed by atoms with E-state index in [0.29, 0.717) is 46.2 Å². The monoisotopic (exact) mass is 810 g/mol. The van der Waals surface area contributed by atoms with E-state index in [1.54, 1.807) is 48.5 Å². The molecule has 61 heavy (non-hydrogen) atoms. The van der Waals surface area contributed by atoms with Gasteiger partial charge in [0.25, 0.3) is 23.6 Å². The molecule has 2 bridgehead atoms. The fourth-order valence-electron chi connectivity index (χ4n) is 9.66. The lowest BCUT2D eigenvalue weighted by atomic mass is 9.64. The Hall–Kier alpha value is -7.86. The third kappa shape index (κ3) is 6.14. The highest BCUT2D eigenvalue weighted by Gasteiger charge is 2.52. The fourth-order valence-corrected chi connectivity index (χ4v) is 9.66. The number of hydrogen-bond acceptors (Lipinski definition) is 8. The number of rotatable bonds is 10. The van der Waals surface area contributed by atoms with Gasteiger partial charge in [-0.05, 0) is 151 Å². The van der Waals surface area contributed by atoms with E-state index < -0.39 is 35.6 Å². The van der Waals surface area contributed by atoms with Crippen LogP contribution in [-0.4, -0.2) is 45.8 Å². The minimum atomic E-state index is -1.18. The van der Waals surface area contributed by atoms with Gasteiger partial charge in [0.1, 0.15) is 23.0 Å². The van der Waals surface area contributed by atoms with Crippen molar-refractivity contribution in [3.8, 4) is 23.0 Å². The van der Waals surface area contributed by atoms with E-state index in [2.05, 4.69) is 24.3 Å². The molecule has 2 heterocycles. The number of fused-ring (bicyclic) bond motifs is 4. The first-order valence-corrected chi connectivity index (χ1v) is 19.8. The quantitative estimate of drug-likeness (QED) is 0.127. The Morgan fingerprint density at radius 2 is 0.869 bits per heavy atom. The molecule has 0 spiro atoms. The molecule has 2 saturated carbocycles. The molecule has 6 aromatic carbocycles. The number of amides is 4. The maximum atomic E-state index is 13.1. The summed E-state index contributed by atoms with van der Waals surface area (Å²) in [5.41, 5.74) is 3.20. The van der Waals surface area contributed by atoms with Crippen LogP contribution in [0.25, 0.3) is 0 Å². The maximum Gasteiger partial charge on any atom is 0.335 e.